The molecule has 0 spiro atoms. The van der Waals surface area contributed by atoms with E-state index in [1.54, 1.807) is 13.0 Å². The van der Waals surface area contributed by atoms with Crippen LogP contribution in [0.3, 0.4) is 0 Å². The van der Waals surface area contributed by atoms with Crippen LogP contribution in [0, 0.1) is 12.8 Å². The third-order valence-electron chi connectivity index (χ3n) is 3.28. The number of aromatic nitrogens is 1. The molecule has 0 aromatic carbocycles. The quantitative estimate of drug-likeness (QED) is 0.864. The molecule has 19 heavy (non-hydrogen) atoms. The molecule has 108 valence electrons. The maximum atomic E-state index is 12.0. The fourth-order valence-electron chi connectivity index (χ4n) is 2.25. The Morgan fingerprint density at radius 3 is 2.79 bits per heavy atom. The van der Waals surface area contributed by atoms with Crippen molar-refractivity contribution in [1.82, 2.24) is 10.1 Å². The van der Waals surface area contributed by atoms with E-state index >= 15 is 0 Å². The van der Waals surface area contributed by atoms with Gasteiger partial charge in [0.05, 0.1) is 0 Å². The number of carbonyl (C=O) groups excluding carboxylic acids is 1. The molecule has 1 aromatic rings. The molecule has 2 rings (SSSR count). The molecule has 2 heterocycles. The van der Waals surface area contributed by atoms with E-state index in [0.29, 0.717) is 18.1 Å². The van der Waals surface area contributed by atoms with Crippen LogP contribution in [0.25, 0.3) is 0 Å². The molecule has 6 nitrogen and oxygen atoms in total. The molecule has 1 amide bonds. The van der Waals surface area contributed by atoms with Crippen molar-refractivity contribution in [3.8, 4) is 0 Å². The highest BCUT2D eigenvalue weighted by Gasteiger charge is 2.25. The Labute approximate surface area is 119 Å². The summed E-state index contributed by atoms with van der Waals surface area (Å²) in [7, 11) is 0. The van der Waals surface area contributed by atoms with Gasteiger partial charge in [-0.2, -0.15) is 0 Å². The van der Waals surface area contributed by atoms with Gasteiger partial charge in [0.1, 0.15) is 5.76 Å². The summed E-state index contributed by atoms with van der Waals surface area (Å²) in [6, 6.07) is 1.72. The number of likely N-dealkylation sites (tertiary alicyclic amines) is 1. The van der Waals surface area contributed by atoms with E-state index in [2.05, 4.69) is 15.4 Å². The minimum Gasteiger partial charge on any atom is -0.360 e. The van der Waals surface area contributed by atoms with Gasteiger partial charge in [0.15, 0.2) is 5.82 Å². The van der Waals surface area contributed by atoms with E-state index in [0.717, 1.165) is 32.5 Å². The van der Waals surface area contributed by atoms with Gasteiger partial charge in [-0.25, -0.2) is 0 Å². The molecule has 1 fully saturated rings. The molecule has 1 aromatic heterocycles. The molecular formula is C12H21ClN4O2. The van der Waals surface area contributed by atoms with Crippen LogP contribution in [0.5, 0.6) is 0 Å². The van der Waals surface area contributed by atoms with Crippen molar-refractivity contribution >= 4 is 24.1 Å². The predicted molar refractivity (Wildman–Crippen MR) is 75.3 cm³/mol. The van der Waals surface area contributed by atoms with E-state index < -0.39 is 0 Å². The summed E-state index contributed by atoms with van der Waals surface area (Å²) >= 11 is 0. The van der Waals surface area contributed by atoms with Crippen molar-refractivity contribution in [2.75, 3.05) is 31.5 Å². The standard InChI is InChI=1S/C12H20N4O2.ClH/c1-9-8-11(15-18-9)14-12(17)10-2-5-16(6-3-10)7-4-13;/h8,10H,2-7,13H2,1H3,(H,14,15,17);1H. The number of hydrogen-bond donors (Lipinski definition) is 2. The van der Waals surface area contributed by atoms with Crippen molar-refractivity contribution in [2.24, 2.45) is 11.7 Å². The average molecular weight is 289 g/mol. The number of amides is 1. The van der Waals surface area contributed by atoms with Crippen molar-refractivity contribution in [2.45, 2.75) is 19.8 Å². The third kappa shape index (κ3) is 4.49. The fourth-order valence-corrected chi connectivity index (χ4v) is 2.25. The zero-order valence-corrected chi connectivity index (χ0v) is 11.9. The van der Waals surface area contributed by atoms with Gasteiger partial charge < -0.3 is 20.5 Å². The first kappa shape index (κ1) is 15.9. The zero-order valence-electron chi connectivity index (χ0n) is 11.1. The molecular weight excluding hydrogens is 268 g/mol. The number of nitrogens with zero attached hydrogens (tertiary/aromatic N) is 2. The lowest BCUT2D eigenvalue weighted by molar-refractivity contribution is -0.121. The molecule has 0 radical (unpaired) electrons. The maximum absolute atomic E-state index is 12.0. The summed E-state index contributed by atoms with van der Waals surface area (Å²) in [6.45, 7) is 5.26. The molecule has 0 bridgehead atoms. The van der Waals surface area contributed by atoms with Gasteiger partial charge in [0.25, 0.3) is 0 Å². The number of hydrogen-bond acceptors (Lipinski definition) is 5. The molecule has 0 unspecified atom stereocenters. The Kier molecular flexibility index (Phi) is 6.27. The van der Waals surface area contributed by atoms with Gasteiger partial charge in [0, 0.05) is 25.1 Å². The second-order valence-electron chi connectivity index (χ2n) is 4.72. The van der Waals surface area contributed by atoms with Crippen LogP contribution in [0.2, 0.25) is 0 Å². The lowest BCUT2D eigenvalue weighted by atomic mass is 9.96. The number of piperidine rings is 1. The SMILES string of the molecule is Cc1cc(NC(=O)C2CCN(CCN)CC2)no1.Cl. The summed E-state index contributed by atoms with van der Waals surface area (Å²) in [5.74, 6) is 1.30. The fraction of sp³-hybridized carbons (Fsp3) is 0.667. The predicted octanol–water partition coefficient (Wildman–Crippen LogP) is 1.01. The summed E-state index contributed by atoms with van der Waals surface area (Å²) in [5.41, 5.74) is 5.52. The summed E-state index contributed by atoms with van der Waals surface area (Å²) < 4.78 is 4.91. The number of nitrogens with one attached hydrogen (secondary N) is 1. The highest BCUT2D eigenvalue weighted by molar-refractivity contribution is 5.91. The second-order valence-corrected chi connectivity index (χ2v) is 4.72. The molecule has 3 N–H and O–H groups in total. The summed E-state index contributed by atoms with van der Waals surface area (Å²) in [6.07, 6.45) is 1.76. The normalized spacial score (nSPS) is 16.9. The Morgan fingerprint density at radius 1 is 1.58 bits per heavy atom. The van der Waals surface area contributed by atoms with Crippen LogP contribution < -0.4 is 11.1 Å². The Balaban J connectivity index is 0.00000180. The topological polar surface area (TPSA) is 84.4 Å². The number of nitrogens with two attached hydrogens (primary N) is 1. The van der Waals surface area contributed by atoms with E-state index in [-0.39, 0.29) is 24.2 Å². The minimum absolute atomic E-state index is 0. The molecule has 0 atom stereocenters. The molecule has 1 saturated heterocycles. The van der Waals surface area contributed by atoms with Gasteiger partial charge in [-0.05, 0) is 32.9 Å². The Hall–Kier alpha value is -1.11. The van der Waals surface area contributed by atoms with Crippen molar-refractivity contribution in [3.63, 3.8) is 0 Å². The number of halogens is 1. The van der Waals surface area contributed by atoms with E-state index in [4.69, 9.17) is 10.3 Å². The molecule has 0 aliphatic carbocycles. The first-order valence-electron chi connectivity index (χ1n) is 6.35. The molecule has 1 aliphatic rings. The first-order valence-corrected chi connectivity index (χ1v) is 6.35. The van der Waals surface area contributed by atoms with Crippen molar-refractivity contribution < 1.29 is 9.32 Å². The van der Waals surface area contributed by atoms with Crippen LogP contribution in [0.15, 0.2) is 10.6 Å². The number of carbonyl (C=O) groups is 1. The lowest BCUT2D eigenvalue weighted by Crippen LogP contribution is -2.40. The number of aryl methyl sites for hydroxylation is 1. The average Bonchev–Trinajstić information content (AvgIpc) is 2.76. The van der Waals surface area contributed by atoms with E-state index in [9.17, 15) is 4.79 Å². The lowest BCUT2D eigenvalue weighted by Gasteiger charge is -2.30. The molecule has 1 aliphatic heterocycles. The second kappa shape index (κ2) is 7.47. The third-order valence-corrected chi connectivity index (χ3v) is 3.28. The molecule has 7 heteroatoms. The van der Waals surface area contributed by atoms with Gasteiger partial charge in [0.2, 0.25) is 5.91 Å². The van der Waals surface area contributed by atoms with E-state index in [1.807, 2.05) is 0 Å². The number of rotatable bonds is 4. The van der Waals surface area contributed by atoms with Gasteiger partial charge in [-0.3, -0.25) is 4.79 Å². The van der Waals surface area contributed by atoms with Crippen LogP contribution in [-0.2, 0) is 4.79 Å². The summed E-state index contributed by atoms with van der Waals surface area (Å²) in [4.78, 5) is 14.3. The first-order chi connectivity index (χ1) is 8.69. The van der Waals surface area contributed by atoms with Crippen LogP contribution in [-0.4, -0.2) is 42.1 Å². The largest absolute Gasteiger partial charge is 0.360 e. The number of anilines is 1. The highest BCUT2D eigenvalue weighted by atomic mass is 35.5. The van der Waals surface area contributed by atoms with E-state index in [1.165, 1.54) is 0 Å². The van der Waals surface area contributed by atoms with Crippen LogP contribution in [0.1, 0.15) is 18.6 Å². The van der Waals surface area contributed by atoms with Crippen LogP contribution in [0.4, 0.5) is 5.82 Å². The van der Waals surface area contributed by atoms with Crippen molar-refractivity contribution in [3.05, 3.63) is 11.8 Å². The maximum Gasteiger partial charge on any atom is 0.228 e. The minimum atomic E-state index is 0. The zero-order chi connectivity index (χ0) is 13.0. The van der Waals surface area contributed by atoms with Gasteiger partial charge in [-0.1, -0.05) is 5.16 Å². The van der Waals surface area contributed by atoms with Crippen LogP contribution >= 0.6 is 12.4 Å². The summed E-state index contributed by atoms with van der Waals surface area (Å²) in [5, 5.41) is 6.55. The molecule has 0 saturated carbocycles. The van der Waals surface area contributed by atoms with Gasteiger partial charge in [-0.15, -0.1) is 12.4 Å². The monoisotopic (exact) mass is 288 g/mol. The Bertz CT molecular complexity index is 402. The Morgan fingerprint density at radius 2 is 2.26 bits per heavy atom. The van der Waals surface area contributed by atoms with Crippen molar-refractivity contribution in [1.29, 1.82) is 0 Å². The van der Waals surface area contributed by atoms with Gasteiger partial charge >= 0.3 is 0 Å². The smallest absolute Gasteiger partial charge is 0.228 e. The highest BCUT2D eigenvalue weighted by Crippen LogP contribution is 2.19.